The Kier molecular flexibility index (Phi) is 5.36. The van der Waals surface area contributed by atoms with Gasteiger partial charge in [0, 0.05) is 24.9 Å². The predicted molar refractivity (Wildman–Crippen MR) is 73.2 cm³/mol. The summed E-state index contributed by atoms with van der Waals surface area (Å²) < 4.78 is 0. The molecule has 0 bridgehead atoms. The Morgan fingerprint density at radius 1 is 1.17 bits per heavy atom. The van der Waals surface area contributed by atoms with E-state index in [1.165, 1.54) is 0 Å². The first kappa shape index (κ1) is 15.2. The van der Waals surface area contributed by atoms with Crippen LogP contribution in [0.2, 0.25) is 0 Å². The number of amides is 1. The van der Waals surface area contributed by atoms with Crippen LogP contribution >= 0.6 is 0 Å². The number of carbonyl (C=O) groups is 2. The summed E-state index contributed by atoms with van der Waals surface area (Å²) in [5.41, 5.74) is 0. The van der Waals surface area contributed by atoms with E-state index >= 15 is 0 Å². The van der Waals surface area contributed by atoms with Crippen molar-refractivity contribution in [1.82, 2.24) is 4.90 Å². The number of likely N-dealkylation sites (tertiary alicyclic amines) is 1. The molecule has 1 aliphatic heterocycles. The van der Waals surface area contributed by atoms with Crippen LogP contribution in [0.15, 0.2) is 0 Å². The molecule has 0 aromatic carbocycles. The van der Waals surface area contributed by atoms with Crippen molar-refractivity contribution in [3.63, 3.8) is 0 Å². The Balaban J connectivity index is 2.77. The third-order valence-electron chi connectivity index (χ3n) is 3.90. The Bertz CT molecular complexity index is 302. The maximum absolute atomic E-state index is 12.6. The average Bonchev–Trinajstić information content (AvgIpc) is 2.63. The van der Waals surface area contributed by atoms with Crippen LogP contribution in [0.25, 0.3) is 0 Å². The summed E-state index contributed by atoms with van der Waals surface area (Å²) in [6, 6.07) is 0.148. The molecule has 1 fully saturated rings. The molecule has 1 atom stereocenters. The summed E-state index contributed by atoms with van der Waals surface area (Å²) in [4.78, 5) is 25.9. The van der Waals surface area contributed by atoms with Gasteiger partial charge in [-0.15, -0.1) is 0 Å². The molecule has 1 rings (SSSR count). The van der Waals surface area contributed by atoms with Crippen molar-refractivity contribution < 1.29 is 9.59 Å². The van der Waals surface area contributed by atoms with Crippen molar-refractivity contribution in [3.05, 3.63) is 0 Å². The summed E-state index contributed by atoms with van der Waals surface area (Å²) in [5.74, 6) is 1.24. The maximum atomic E-state index is 12.6. The number of hydrogen-bond acceptors (Lipinski definition) is 2. The highest BCUT2D eigenvalue weighted by molar-refractivity contribution is 5.82. The highest BCUT2D eigenvalue weighted by Gasteiger charge is 2.35. The number of carbonyl (C=O) groups excluding carboxylic acids is 2. The van der Waals surface area contributed by atoms with Gasteiger partial charge in [0.2, 0.25) is 5.91 Å². The highest BCUT2D eigenvalue weighted by Crippen LogP contribution is 2.28. The second kappa shape index (κ2) is 6.35. The summed E-state index contributed by atoms with van der Waals surface area (Å²) in [6.45, 7) is 10.9. The number of nitrogens with zero attached hydrogens (tertiary/aromatic N) is 1. The molecule has 0 N–H and O–H groups in total. The Morgan fingerprint density at radius 2 is 1.72 bits per heavy atom. The second-order valence-corrected chi connectivity index (χ2v) is 6.25. The molecule has 1 unspecified atom stereocenters. The van der Waals surface area contributed by atoms with Crippen molar-refractivity contribution >= 4 is 11.7 Å². The normalized spacial score (nSPS) is 20.2. The molecule has 3 heteroatoms. The molecule has 3 nitrogen and oxygen atoms in total. The van der Waals surface area contributed by atoms with Crippen molar-refractivity contribution in [2.75, 3.05) is 6.54 Å². The van der Waals surface area contributed by atoms with E-state index in [1.807, 2.05) is 4.90 Å². The topological polar surface area (TPSA) is 37.4 Å². The number of ketones is 1. The van der Waals surface area contributed by atoms with Crippen molar-refractivity contribution in [2.24, 2.45) is 17.8 Å². The monoisotopic (exact) mass is 253 g/mol. The van der Waals surface area contributed by atoms with Crippen molar-refractivity contribution in [3.8, 4) is 0 Å². The van der Waals surface area contributed by atoms with E-state index in [4.69, 9.17) is 0 Å². The Morgan fingerprint density at radius 3 is 2.17 bits per heavy atom. The molecule has 1 heterocycles. The van der Waals surface area contributed by atoms with E-state index in [9.17, 15) is 9.59 Å². The molecule has 18 heavy (non-hydrogen) atoms. The Hall–Kier alpha value is -0.860. The third kappa shape index (κ3) is 3.56. The first-order chi connectivity index (χ1) is 8.34. The van der Waals surface area contributed by atoms with Gasteiger partial charge >= 0.3 is 0 Å². The Labute approximate surface area is 111 Å². The zero-order valence-electron chi connectivity index (χ0n) is 12.4. The lowest BCUT2D eigenvalue weighted by Gasteiger charge is -2.32. The van der Waals surface area contributed by atoms with Gasteiger partial charge in [0.25, 0.3) is 0 Å². The minimum Gasteiger partial charge on any atom is -0.339 e. The first-order valence-electron chi connectivity index (χ1n) is 7.14. The van der Waals surface area contributed by atoms with Gasteiger partial charge in [0.1, 0.15) is 5.78 Å². The SMILES string of the molecule is CC(=O)CC1CCCN1C(=O)C(C(C)C)C(C)C. The van der Waals surface area contributed by atoms with Gasteiger partial charge < -0.3 is 4.90 Å². The van der Waals surface area contributed by atoms with E-state index < -0.39 is 0 Å². The fourth-order valence-electron chi connectivity index (χ4n) is 3.20. The van der Waals surface area contributed by atoms with Crippen molar-refractivity contribution in [2.45, 2.75) is 59.9 Å². The lowest BCUT2D eigenvalue weighted by molar-refractivity contribution is -0.140. The smallest absolute Gasteiger partial charge is 0.226 e. The molecular formula is C15H27NO2. The lowest BCUT2D eigenvalue weighted by Crippen LogP contribution is -2.43. The molecule has 0 saturated carbocycles. The number of hydrogen-bond donors (Lipinski definition) is 0. The standard InChI is InChI=1S/C15H27NO2/c1-10(2)14(11(3)4)15(18)16-8-6-7-13(16)9-12(5)17/h10-11,13-14H,6-9H2,1-5H3. The molecular weight excluding hydrogens is 226 g/mol. The van der Waals surface area contributed by atoms with E-state index in [0.717, 1.165) is 19.4 Å². The molecule has 0 aliphatic carbocycles. The van der Waals surface area contributed by atoms with E-state index in [1.54, 1.807) is 6.92 Å². The van der Waals surface area contributed by atoms with Gasteiger partial charge in [-0.1, -0.05) is 27.7 Å². The minimum absolute atomic E-state index is 0.0811. The van der Waals surface area contributed by atoms with E-state index in [-0.39, 0.29) is 23.7 Å². The van der Waals surface area contributed by atoms with Gasteiger partial charge in [-0.2, -0.15) is 0 Å². The maximum Gasteiger partial charge on any atom is 0.226 e. The van der Waals surface area contributed by atoms with Crippen LogP contribution in [0.3, 0.4) is 0 Å². The van der Waals surface area contributed by atoms with Gasteiger partial charge in [0.15, 0.2) is 0 Å². The fraction of sp³-hybridized carbons (Fsp3) is 0.867. The third-order valence-corrected chi connectivity index (χ3v) is 3.90. The summed E-state index contributed by atoms with van der Waals surface area (Å²) >= 11 is 0. The molecule has 104 valence electrons. The van der Waals surface area contributed by atoms with Gasteiger partial charge in [-0.05, 0) is 31.6 Å². The highest BCUT2D eigenvalue weighted by atomic mass is 16.2. The summed E-state index contributed by atoms with van der Waals surface area (Å²) in [5, 5.41) is 0. The quantitative estimate of drug-likeness (QED) is 0.755. The summed E-state index contributed by atoms with van der Waals surface area (Å²) in [7, 11) is 0. The number of rotatable bonds is 5. The molecule has 0 aromatic heterocycles. The van der Waals surface area contributed by atoms with Gasteiger partial charge in [-0.25, -0.2) is 0 Å². The van der Waals surface area contributed by atoms with Crippen LogP contribution in [-0.4, -0.2) is 29.2 Å². The van der Waals surface area contributed by atoms with Crippen LogP contribution in [0, 0.1) is 17.8 Å². The van der Waals surface area contributed by atoms with Gasteiger partial charge in [0.05, 0.1) is 0 Å². The van der Waals surface area contributed by atoms with E-state index in [0.29, 0.717) is 18.3 Å². The van der Waals surface area contributed by atoms with Crippen LogP contribution in [-0.2, 0) is 9.59 Å². The zero-order chi connectivity index (χ0) is 13.9. The first-order valence-corrected chi connectivity index (χ1v) is 7.14. The van der Waals surface area contributed by atoms with Gasteiger partial charge in [-0.3, -0.25) is 9.59 Å². The number of Topliss-reactive ketones (excluding diaryl/α,β-unsaturated/α-hetero) is 1. The minimum atomic E-state index is 0.0811. The van der Waals surface area contributed by atoms with Crippen LogP contribution in [0.5, 0.6) is 0 Å². The lowest BCUT2D eigenvalue weighted by atomic mass is 9.84. The molecule has 1 aliphatic rings. The van der Waals surface area contributed by atoms with Crippen LogP contribution in [0.1, 0.15) is 53.9 Å². The van der Waals surface area contributed by atoms with Crippen molar-refractivity contribution in [1.29, 1.82) is 0 Å². The summed E-state index contributed by atoms with van der Waals surface area (Å²) in [6.07, 6.45) is 2.54. The molecule has 0 spiro atoms. The van der Waals surface area contributed by atoms with E-state index in [2.05, 4.69) is 27.7 Å². The largest absolute Gasteiger partial charge is 0.339 e. The predicted octanol–water partition coefficient (Wildman–Crippen LogP) is 2.88. The molecule has 1 amide bonds. The fourth-order valence-corrected chi connectivity index (χ4v) is 3.20. The molecule has 0 aromatic rings. The van der Waals surface area contributed by atoms with Crippen LogP contribution in [0.4, 0.5) is 0 Å². The molecule has 0 radical (unpaired) electrons. The van der Waals surface area contributed by atoms with Crippen LogP contribution < -0.4 is 0 Å². The average molecular weight is 253 g/mol. The second-order valence-electron chi connectivity index (χ2n) is 6.25. The zero-order valence-corrected chi connectivity index (χ0v) is 12.4. The molecule has 1 saturated heterocycles.